The number of aryl methyl sites for hydroxylation is 1. The van der Waals surface area contributed by atoms with E-state index in [1.807, 2.05) is 65.0 Å². The van der Waals surface area contributed by atoms with Crippen LogP contribution < -0.4 is 20.3 Å². The number of pyridine rings is 1. The van der Waals surface area contributed by atoms with Crippen molar-refractivity contribution in [3.63, 3.8) is 0 Å². The fourth-order valence-electron chi connectivity index (χ4n) is 18.0. The summed E-state index contributed by atoms with van der Waals surface area (Å²) in [6.07, 6.45) is 5.54. The summed E-state index contributed by atoms with van der Waals surface area (Å²) in [6, 6.07) is 22.3. The summed E-state index contributed by atoms with van der Waals surface area (Å²) in [5, 5.41) is 74.1. The van der Waals surface area contributed by atoms with E-state index in [1.165, 1.54) is 16.2 Å². The standard InChI is InChI=1S/C72H83N9O16S/c1-42-50(48-16-17-57(76-61(48)65(92)93)79-23-20-44-10-8-11-49(51(44)31-79)63(89)77-66-75-52-12-4-5-13-56(52)98-66)30-74-81(42)41-70-36-68(2)35-69(3)37-71(38-70,40-72(68,69)39-70)96-26-25-78(24-21-47(83)33-82)67(94)95-34-45-15-14-43(9-6-7-22-73-58(85)32-80-59(86)18-19-60(80)87)27-54(45)97-55-29-46(64(90)91)28-53(84)62(55)88/h4-5,8,10-19,27,30,46-47,53,55,62,82-84,88H,6-7,9,20-26,28-29,31-41H2,1-3H3,(H,73,85)(H,90,91)(H,92,93)(H,75,77,89)/t46-,47+,53+,55-,62-,68?,69?,70?,71?,72?/m1/s1. The molecule has 3 bridgehead atoms. The third-order valence-electron chi connectivity index (χ3n) is 22.2. The predicted octanol–water partition coefficient (Wildman–Crippen LogP) is 7.22. The number of benzene rings is 3. The van der Waals surface area contributed by atoms with Crippen molar-refractivity contribution in [2.24, 2.45) is 27.6 Å². The Bertz CT molecular complexity index is 4130. The Morgan fingerprint density at radius 3 is 2.44 bits per heavy atom. The number of carboxylic acid groups (broad SMARTS) is 2. The highest BCUT2D eigenvalue weighted by atomic mass is 32.1. The second-order valence-corrected chi connectivity index (χ2v) is 29.8. The third-order valence-corrected chi connectivity index (χ3v) is 23.2. The molecule has 3 aromatic carbocycles. The van der Waals surface area contributed by atoms with Crippen LogP contribution in [0.25, 0.3) is 21.3 Å². The van der Waals surface area contributed by atoms with E-state index in [0.717, 1.165) is 88.2 Å². The number of aromatic nitrogens is 4. The van der Waals surface area contributed by atoms with Gasteiger partial charge in [0.1, 0.15) is 36.9 Å². The Labute approximate surface area is 569 Å². The fraction of sp³-hybridized carbons (Fsp3) is 0.500. The van der Waals surface area contributed by atoms with Crippen LogP contribution in [0, 0.1) is 34.5 Å². The lowest BCUT2D eigenvalue weighted by molar-refractivity contribution is -0.158. The number of imide groups is 1. The number of thiazole rings is 1. The lowest BCUT2D eigenvalue weighted by Gasteiger charge is -2.64. The number of aliphatic hydroxyl groups excluding tert-OH is 4. The SMILES string of the molecule is Cc1c(-c2ccc(N3CCc4cccc(C(=O)Nc5nc6ccccc6s5)c4C3)nc2C(=O)O)cnn1CC12CC3(OCCN(CC[C@H](O)CO)C(=O)OCc4ccc(CCCCNC(=O)CN5C(=O)C=CC5=O)cc4O[C@@H]4C[C@H](C(=O)O)C[C@H](O)[C@H]4O)CC4(C)CC(C)(C1)C4(C2)C3. The highest BCUT2D eigenvalue weighted by molar-refractivity contribution is 7.22. The lowest BCUT2D eigenvalue weighted by atomic mass is 9.40. The van der Waals surface area contributed by atoms with Gasteiger partial charge < -0.3 is 60.0 Å². The number of rotatable bonds is 27. The van der Waals surface area contributed by atoms with Crippen molar-refractivity contribution in [2.45, 2.75) is 154 Å². The van der Waals surface area contributed by atoms with E-state index in [2.05, 4.69) is 29.5 Å². The van der Waals surface area contributed by atoms with E-state index in [1.54, 1.807) is 30.5 Å². The zero-order valence-corrected chi connectivity index (χ0v) is 55.9. The number of nitrogens with zero attached hydrogens (tertiary/aromatic N) is 7. The molecule has 3 aromatic heterocycles. The van der Waals surface area contributed by atoms with Crippen molar-refractivity contribution < 1.29 is 78.4 Å². The fourth-order valence-corrected chi connectivity index (χ4v) is 18.9. The van der Waals surface area contributed by atoms with E-state index >= 15 is 0 Å². The Morgan fingerprint density at radius 1 is 0.867 bits per heavy atom. The maximum atomic E-state index is 14.4. The largest absolute Gasteiger partial charge is 0.487 e. The molecule has 5 fully saturated rings. The molecule has 26 heteroatoms. The number of aliphatic carboxylic acids is 1. The van der Waals surface area contributed by atoms with Crippen LogP contribution in [0.2, 0.25) is 0 Å². The monoisotopic (exact) mass is 1360 g/mol. The number of aromatic carboxylic acids is 1. The van der Waals surface area contributed by atoms with E-state index in [-0.39, 0.29) is 91.1 Å². The van der Waals surface area contributed by atoms with Crippen LogP contribution >= 0.6 is 11.3 Å². The molecule has 518 valence electrons. The number of ether oxygens (including phenoxy) is 3. The van der Waals surface area contributed by atoms with Gasteiger partial charge in [-0.1, -0.05) is 61.6 Å². The summed E-state index contributed by atoms with van der Waals surface area (Å²) in [6.45, 7) is 7.50. The van der Waals surface area contributed by atoms with E-state index in [0.29, 0.717) is 78.5 Å². The number of carbonyl (C=O) groups is 7. The highest BCUT2D eigenvalue weighted by Gasteiger charge is 2.84. The molecule has 6 aromatic rings. The minimum atomic E-state index is -1.42. The zero-order chi connectivity index (χ0) is 69.1. The van der Waals surface area contributed by atoms with Gasteiger partial charge in [0.2, 0.25) is 5.91 Å². The van der Waals surface area contributed by atoms with Crippen LogP contribution in [0.4, 0.5) is 15.7 Å². The lowest BCUT2D eigenvalue weighted by Crippen LogP contribution is -2.57. The van der Waals surface area contributed by atoms with Gasteiger partial charge in [0.05, 0.1) is 53.4 Å². The van der Waals surface area contributed by atoms with E-state index in [4.69, 9.17) is 24.3 Å². The normalized spacial score (nSPS) is 26.8. The van der Waals surface area contributed by atoms with E-state index < -0.39 is 84.8 Å². The topological polar surface area (TPSA) is 346 Å². The zero-order valence-electron chi connectivity index (χ0n) is 55.1. The number of carbonyl (C=O) groups excluding carboxylic acids is 5. The molecule has 2 aliphatic heterocycles. The third kappa shape index (κ3) is 13.1. The number of unbranched alkanes of at least 4 members (excludes halogenated alkanes) is 1. The molecule has 1 spiro atoms. The number of anilines is 2. The summed E-state index contributed by atoms with van der Waals surface area (Å²) in [7, 11) is 0. The van der Waals surface area contributed by atoms with Crippen molar-refractivity contribution in [2.75, 3.05) is 56.2 Å². The second kappa shape index (κ2) is 26.9. The van der Waals surface area contributed by atoms with E-state index in [9.17, 15) is 64.2 Å². The summed E-state index contributed by atoms with van der Waals surface area (Å²) < 4.78 is 22.5. The molecular formula is C72H83N9O16S. The number of fused-ring (bicyclic) bond motifs is 4. The molecule has 13 rings (SSSR count). The van der Waals surface area contributed by atoms with Crippen molar-refractivity contribution in [1.82, 2.24) is 34.9 Å². The molecule has 5 unspecified atom stereocenters. The maximum absolute atomic E-state index is 14.4. The quantitative estimate of drug-likeness (QED) is 0.0186. The van der Waals surface area contributed by atoms with Crippen molar-refractivity contribution >= 4 is 74.2 Å². The number of carboxylic acids is 2. The van der Waals surface area contributed by atoms with Crippen LogP contribution in [0.15, 0.2) is 91.1 Å². The number of aliphatic hydroxyl groups is 4. The smallest absolute Gasteiger partial charge is 0.410 e. The van der Waals surface area contributed by atoms with Gasteiger partial charge in [-0.15, -0.1) is 0 Å². The molecule has 98 heavy (non-hydrogen) atoms. The number of amides is 5. The summed E-state index contributed by atoms with van der Waals surface area (Å²) >= 11 is 1.41. The molecule has 25 nitrogen and oxygen atoms in total. The van der Waals surface area contributed by atoms with Gasteiger partial charge in [0.15, 0.2) is 10.8 Å². The maximum Gasteiger partial charge on any atom is 0.410 e. The molecule has 10 atom stereocenters. The van der Waals surface area contributed by atoms with Crippen LogP contribution in [-0.2, 0) is 61.2 Å². The number of para-hydroxylation sites is 1. The number of hydrogen-bond donors (Lipinski definition) is 8. The second-order valence-electron chi connectivity index (χ2n) is 28.8. The molecule has 0 radical (unpaired) electrons. The van der Waals surface area contributed by atoms with Crippen molar-refractivity contribution in [1.29, 1.82) is 0 Å². The number of hydrogen-bond acceptors (Lipinski definition) is 19. The van der Waals surface area contributed by atoms with Crippen LogP contribution in [0.1, 0.15) is 133 Å². The van der Waals surface area contributed by atoms with Gasteiger partial charge in [0, 0.05) is 85.8 Å². The Morgan fingerprint density at radius 2 is 1.66 bits per heavy atom. The number of nitrogens with one attached hydrogen (secondary N) is 2. The first-order chi connectivity index (χ1) is 46.9. The van der Waals surface area contributed by atoms with Gasteiger partial charge >= 0.3 is 18.0 Å². The molecule has 5 saturated carbocycles. The average molecular weight is 1360 g/mol. The van der Waals surface area contributed by atoms with Crippen molar-refractivity contribution in [3.05, 3.63) is 130 Å². The summed E-state index contributed by atoms with van der Waals surface area (Å²) in [5.41, 5.74) is 5.41. The van der Waals surface area contributed by atoms with Crippen LogP contribution in [0.3, 0.4) is 0 Å². The van der Waals surface area contributed by atoms with Gasteiger partial charge in [-0.2, -0.15) is 5.10 Å². The minimum Gasteiger partial charge on any atom is -0.487 e. The molecular weight excluding hydrogens is 1280 g/mol. The molecule has 5 heterocycles. The summed E-state index contributed by atoms with van der Waals surface area (Å²) in [4.78, 5) is 104. The molecule has 7 aliphatic rings. The molecule has 0 saturated heterocycles. The minimum absolute atomic E-state index is 0.00509. The van der Waals surface area contributed by atoms with Crippen LogP contribution in [-0.4, -0.2) is 178 Å². The summed E-state index contributed by atoms with van der Waals surface area (Å²) in [5.74, 6) is -4.52. The molecule has 5 amide bonds. The van der Waals surface area contributed by atoms with Gasteiger partial charge in [-0.05, 0) is 159 Å². The predicted molar refractivity (Wildman–Crippen MR) is 358 cm³/mol. The van der Waals surface area contributed by atoms with Gasteiger partial charge in [-0.25, -0.2) is 19.6 Å². The van der Waals surface area contributed by atoms with Crippen LogP contribution in [0.5, 0.6) is 5.75 Å². The average Bonchev–Trinajstić information content (AvgIpc) is 1.46. The van der Waals surface area contributed by atoms with Gasteiger partial charge in [-0.3, -0.25) is 38.9 Å². The Balaban J connectivity index is 0.676. The molecule has 5 aliphatic carbocycles. The first-order valence-electron chi connectivity index (χ1n) is 33.7. The first kappa shape index (κ1) is 67.9. The Hall–Kier alpha value is -8.66. The first-order valence-corrected chi connectivity index (χ1v) is 34.5. The van der Waals surface area contributed by atoms with Gasteiger partial charge in [0.25, 0.3) is 17.7 Å². The Kier molecular flexibility index (Phi) is 18.6. The highest BCUT2D eigenvalue weighted by Crippen LogP contribution is 2.89. The molecule has 8 N–H and O–H groups in total. The van der Waals surface area contributed by atoms with Crippen molar-refractivity contribution in [3.8, 4) is 16.9 Å².